The number of rotatable bonds is 4. The summed E-state index contributed by atoms with van der Waals surface area (Å²) in [6, 6.07) is 8.27. The van der Waals surface area contributed by atoms with E-state index in [-0.39, 0.29) is 18.2 Å². The van der Waals surface area contributed by atoms with Crippen molar-refractivity contribution >= 4 is 18.2 Å². The third-order valence-corrected chi connectivity index (χ3v) is 4.24. The van der Waals surface area contributed by atoms with Gasteiger partial charge in [-0.2, -0.15) is 0 Å². The molecule has 3 N–H and O–H groups in total. The van der Waals surface area contributed by atoms with Crippen molar-refractivity contribution in [3.8, 4) is 0 Å². The number of halogens is 1. The van der Waals surface area contributed by atoms with Crippen LogP contribution in [0.3, 0.4) is 0 Å². The molecular weight excluding hydrogens is 256 g/mol. The van der Waals surface area contributed by atoms with Gasteiger partial charge in [-0.05, 0) is 43.1 Å². The normalized spacial score (nSPS) is 22.6. The molecule has 2 nitrogen and oxygen atoms in total. The summed E-state index contributed by atoms with van der Waals surface area (Å²) in [5.41, 5.74) is 7.73. The van der Waals surface area contributed by atoms with E-state index in [0.29, 0.717) is 0 Å². The molecule has 0 aliphatic heterocycles. The molecule has 0 spiro atoms. The van der Waals surface area contributed by atoms with Gasteiger partial charge in [-0.25, -0.2) is 0 Å². The lowest BCUT2D eigenvalue weighted by molar-refractivity contribution is 0.308. The minimum Gasteiger partial charge on any atom is -0.384 e. The molecule has 19 heavy (non-hydrogen) atoms. The molecule has 1 aliphatic carbocycles. The predicted molar refractivity (Wildman–Crippen MR) is 84.3 cm³/mol. The van der Waals surface area contributed by atoms with Gasteiger partial charge in [0, 0.05) is 5.56 Å². The molecule has 0 saturated heterocycles. The summed E-state index contributed by atoms with van der Waals surface area (Å²) in [5, 5.41) is 7.40. The zero-order chi connectivity index (χ0) is 13.0. The summed E-state index contributed by atoms with van der Waals surface area (Å²) in [6.45, 7) is 2.28. The van der Waals surface area contributed by atoms with E-state index in [4.69, 9.17) is 11.1 Å². The minimum atomic E-state index is 0. The topological polar surface area (TPSA) is 49.9 Å². The Balaban J connectivity index is 0.00000180. The first kappa shape index (κ1) is 16.0. The SMILES string of the molecule is CCCC1CCC(c2ccc(C(=N)N)cc2)CC1.Cl. The Hall–Kier alpha value is -1.02. The number of benzene rings is 1. The van der Waals surface area contributed by atoms with Crippen molar-refractivity contribution in [1.29, 1.82) is 5.41 Å². The Labute approximate surface area is 122 Å². The summed E-state index contributed by atoms with van der Waals surface area (Å²) >= 11 is 0. The van der Waals surface area contributed by atoms with E-state index in [9.17, 15) is 0 Å². The zero-order valence-electron chi connectivity index (χ0n) is 11.7. The fraction of sp³-hybridized carbons (Fsp3) is 0.562. The van der Waals surface area contributed by atoms with Crippen LogP contribution >= 0.6 is 12.4 Å². The highest BCUT2D eigenvalue weighted by Gasteiger charge is 2.21. The van der Waals surface area contributed by atoms with Crippen molar-refractivity contribution in [3.63, 3.8) is 0 Å². The first-order valence-electron chi connectivity index (χ1n) is 7.15. The van der Waals surface area contributed by atoms with Crippen LogP contribution in [0.1, 0.15) is 62.5 Å². The quantitative estimate of drug-likeness (QED) is 0.621. The molecule has 1 aromatic carbocycles. The van der Waals surface area contributed by atoms with Crippen LogP contribution in [0.15, 0.2) is 24.3 Å². The Morgan fingerprint density at radius 2 is 1.74 bits per heavy atom. The summed E-state index contributed by atoms with van der Waals surface area (Å²) in [4.78, 5) is 0. The Morgan fingerprint density at radius 3 is 2.21 bits per heavy atom. The Kier molecular flexibility index (Phi) is 6.36. The first-order chi connectivity index (χ1) is 8.70. The van der Waals surface area contributed by atoms with Gasteiger partial charge in [0.2, 0.25) is 0 Å². The molecule has 0 unspecified atom stereocenters. The molecule has 0 aromatic heterocycles. The Morgan fingerprint density at radius 1 is 1.16 bits per heavy atom. The highest BCUT2D eigenvalue weighted by Crippen LogP contribution is 2.37. The maximum absolute atomic E-state index is 7.40. The maximum atomic E-state index is 7.40. The van der Waals surface area contributed by atoms with Crippen LogP contribution < -0.4 is 5.73 Å². The number of nitrogens with two attached hydrogens (primary N) is 1. The molecule has 106 valence electrons. The minimum absolute atomic E-state index is 0. The van der Waals surface area contributed by atoms with E-state index >= 15 is 0 Å². The zero-order valence-corrected chi connectivity index (χ0v) is 12.5. The fourth-order valence-corrected chi connectivity index (χ4v) is 3.13. The lowest BCUT2D eigenvalue weighted by Gasteiger charge is -2.28. The maximum Gasteiger partial charge on any atom is 0.122 e. The van der Waals surface area contributed by atoms with Crippen LogP contribution in [0, 0.1) is 11.3 Å². The molecule has 3 heteroatoms. The van der Waals surface area contributed by atoms with Crippen molar-refractivity contribution in [2.24, 2.45) is 11.7 Å². The third kappa shape index (κ3) is 4.24. The van der Waals surface area contributed by atoms with Crippen LogP contribution in [0.4, 0.5) is 0 Å². The van der Waals surface area contributed by atoms with Crippen molar-refractivity contribution in [3.05, 3.63) is 35.4 Å². The van der Waals surface area contributed by atoms with Crippen molar-refractivity contribution in [1.82, 2.24) is 0 Å². The van der Waals surface area contributed by atoms with Crippen molar-refractivity contribution in [2.75, 3.05) is 0 Å². The number of nitrogen functional groups attached to an aromatic ring is 1. The van der Waals surface area contributed by atoms with Gasteiger partial charge < -0.3 is 5.73 Å². The average molecular weight is 281 g/mol. The second-order valence-corrected chi connectivity index (χ2v) is 5.54. The highest BCUT2D eigenvalue weighted by atomic mass is 35.5. The van der Waals surface area contributed by atoms with E-state index in [1.54, 1.807) is 0 Å². The van der Waals surface area contributed by atoms with Crippen molar-refractivity contribution in [2.45, 2.75) is 51.4 Å². The summed E-state index contributed by atoms with van der Waals surface area (Å²) in [5.74, 6) is 1.84. The van der Waals surface area contributed by atoms with Gasteiger partial charge in [-0.3, -0.25) is 5.41 Å². The molecule has 0 radical (unpaired) electrons. The van der Waals surface area contributed by atoms with Crippen LogP contribution in [-0.2, 0) is 0 Å². The number of hydrogen-bond acceptors (Lipinski definition) is 1. The fourth-order valence-electron chi connectivity index (χ4n) is 3.13. The molecule has 0 heterocycles. The van der Waals surface area contributed by atoms with Gasteiger partial charge in [0.05, 0.1) is 0 Å². The second-order valence-electron chi connectivity index (χ2n) is 5.54. The lowest BCUT2D eigenvalue weighted by Crippen LogP contribution is -2.14. The Bertz CT molecular complexity index is 392. The molecule has 0 bridgehead atoms. The average Bonchev–Trinajstić information content (AvgIpc) is 2.40. The van der Waals surface area contributed by atoms with Crippen molar-refractivity contribution < 1.29 is 0 Å². The van der Waals surface area contributed by atoms with Crippen LogP contribution in [0.5, 0.6) is 0 Å². The van der Waals surface area contributed by atoms with E-state index < -0.39 is 0 Å². The van der Waals surface area contributed by atoms with Gasteiger partial charge in [0.1, 0.15) is 5.84 Å². The molecule has 1 saturated carbocycles. The molecule has 0 amide bonds. The summed E-state index contributed by atoms with van der Waals surface area (Å²) < 4.78 is 0. The standard InChI is InChI=1S/C16H24N2.ClH/c1-2-3-12-4-6-13(7-5-12)14-8-10-15(11-9-14)16(17)18;/h8-13H,2-7H2,1H3,(H3,17,18);1H. The van der Waals surface area contributed by atoms with E-state index in [1.165, 1.54) is 44.1 Å². The van der Waals surface area contributed by atoms with Gasteiger partial charge in [-0.15, -0.1) is 12.4 Å². The first-order valence-corrected chi connectivity index (χ1v) is 7.15. The van der Waals surface area contributed by atoms with Gasteiger partial charge in [0.15, 0.2) is 0 Å². The van der Waals surface area contributed by atoms with E-state index in [1.807, 2.05) is 12.1 Å². The smallest absolute Gasteiger partial charge is 0.122 e. The predicted octanol–water partition coefficient (Wildman–Crippen LogP) is 4.47. The van der Waals surface area contributed by atoms with Crippen LogP contribution in [0.2, 0.25) is 0 Å². The van der Waals surface area contributed by atoms with E-state index in [2.05, 4.69) is 19.1 Å². The highest BCUT2D eigenvalue weighted by molar-refractivity contribution is 5.94. The lowest BCUT2D eigenvalue weighted by atomic mass is 9.77. The number of nitrogens with one attached hydrogen (secondary N) is 1. The molecule has 0 atom stereocenters. The summed E-state index contributed by atoms with van der Waals surface area (Å²) in [7, 11) is 0. The number of hydrogen-bond donors (Lipinski definition) is 2. The monoisotopic (exact) mass is 280 g/mol. The molecule has 1 aliphatic rings. The number of amidine groups is 1. The van der Waals surface area contributed by atoms with Crippen LogP contribution in [-0.4, -0.2) is 5.84 Å². The third-order valence-electron chi connectivity index (χ3n) is 4.24. The summed E-state index contributed by atoms with van der Waals surface area (Å²) in [6.07, 6.45) is 8.13. The van der Waals surface area contributed by atoms with Crippen LogP contribution in [0.25, 0.3) is 0 Å². The largest absolute Gasteiger partial charge is 0.384 e. The molecule has 2 rings (SSSR count). The van der Waals surface area contributed by atoms with Gasteiger partial charge in [0.25, 0.3) is 0 Å². The van der Waals surface area contributed by atoms with E-state index in [0.717, 1.165) is 17.4 Å². The molecule has 1 fully saturated rings. The molecule has 1 aromatic rings. The van der Waals surface area contributed by atoms with Gasteiger partial charge in [-0.1, -0.05) is 44.0 Å². The molecular formula is C16H25ClN2. The second kappa shape index (κ2) is 7.54. The van der Waals surface area contributed by atoms with Gasteiger partial charge >= 0.3 is 0 Å².